The van der Waals surface area contributed by atoms with Crippen molar-refractivity contribution in [2.24, 2.45) is 5.18 Å². The number of carbonyl (C=O) groups is 1. The SMILES string of the molecule is Cc1c(-c2cccc(C(C)N=O)c2)ccn2c(=O)c(C(=O)O)cc(C3CC3)c12. The summed E-state index contributed by atoms with van der Waals surface area (Å²) in [4.78, 5) is 35.1. The third-order valence-electron chi connectivity index (χ3n) is 5.50. The lowest BCUT2D eigenvalue weighted by molar-refractivity contribution is 0.0694. The molecule has 2 aromatic heterocycles. The Labute approximate surface area is 161 Å². The number of aromatic carboxylic acids is 1. The van der Waals surface area contributed by atoms with Crippen molar-refractivity contribution in [1.29, 1.82) is 0 Å². The normalized spacial score (nSPS) is 14.8. The maximum atomic E-state index is 12.7. The quantitative estimate of drug-likeness (QED) is 0.655. The van der Waals surface area contributed by atoms with Gasteiger partial charge in [0.2, 0.25) is 0 Å². The summed E-state index contributed by atoms with van der Waals surface area (Å²) in [5, 5.41) is 12.5. The van der Waals surface area contributed by atoms with Crippen molar-refractivity contribution < 1.29 is 9.90 Å². The van der Waals surface area contributed by atoms with E-state index in [1.807, 2.05) is 37.3 Å². The van der Waals surface area contributed by atoms with Gasteiger partial charge in [0.15, 0.2) is 0 Å². The topological polar surface area (TPSA) is 88.2 Å². The fourth-order valence-corrected chi connectivity index (χ4v) is 3.80. The highest BCUT2D eigenvalue weighted by Crippen LogP contribution is 2.43. The molecule has 1 aliphatic rings. The number of aromatic nitrogens is 1. The lowest BCUT2D eigenvalue weighted by Gasteiger charge is -2.16. The molecular weight excluding hydrogens is 356 g/mol. The zero-order chi connectivity index (χ0) is 20.0. The Hall–Kier alpha value is -3.28. The van der Waals surface area contributed by atoms with Crippen molar-refractivity contribution >= 4 is 11.5 Å². The van der Waals surface area contributed by atoms with E-state index >= 15 is 0 Å². The molecule has 1 N–H and O–H groups in total. The molecule has 1 saturated carbocycles. The Morgan fingerprint density at radius 3 is 2.64 bits per heavy atom. The van der Waals surface area contributed by atoms with E-state index < -0.39 is 17.6 Å². The van der Waals surface area contributed by atoms with Crippen molar-refractivity contribution in [2.75, 3.05) is 0 Å². The van der Waals surface area contributed by atoms with E-state index in [1.165, 1.54) is 4.40 Å². The van der Waals surface area contributed by atoms with Crippen molar-refractivity contribution in [1.82, 2.24) is 4.40 Å². The van der Waals surface area contributed by atoms with Gasteiger partial charge in [-0.25, -0.2) is 4.79 Å². The Morgan fingerprint density at radius 1 is 1.25 bits per heavy atom. The summed E-state index contributed by atoms with van der Waals surface area (Å²) in [5.74, 6) is -0.917. The Bertz CT molecular complexity index is 1180. The minimum Gasteiger partial charge on any atom is -0.477 e. The van der Waals surface area contributed by atoms with Gasteiger partial charge in [-0.2, -0.15) is 4.91 Å². The second kappa shape index (κ2) is 6.71. The van der Waals surface area contributed by atoms with E-state index in [2.05, 4.69) is 5.18 Å². The number of fused-ring (bicyclic) bond motifs is 1. The minimum atomic E-state index is -1.20. The molecule has 0 saturated heterocycles. The van der Waals surface area contributed by atoms with E-state index in [1.54, 1.807) is 19.2 Å². The number of nitrogens with zero attached hydrogens (tertiary/aromatic N) is 2. The molecule has 28 heavy (non-hydrogen) atoms. The lowest BCUT2D eigenvalue weighted by atomic mass is 9.95. The van der Waals surface area contributed by atoms with E-state index in [0.29, 0.717) is 0 Å². The summed E-state index contributed by atoms with van der Waals surface area (Å²) in [6, 6.07) is 10.6. The number of benzene rings is 1. The van der Waals surface area contributed by atoms with Crippen molar-refractivity contribution in [2.45, 2.75) is 38.6 Å². The predicted molar refractivity (Wildman–Crippen MR) is 107 cm³/mol. The van der Waals surface area contributed by atoms with Crippen LogP contribution in [0.2, 0.25) is 0 Å². The highest BCUT2D eigenvalue weighted by molar-refractivity contribution is 5.89. The van der Waals surface area contributed by atoms with Gasteiger partial charge in [0.1, 0.15) is 11.6 Å². The molecule has 1 unspecified atom stereocenters. The molecule has 6 heteroatoms. The van der Waals surface area contributed by atoms with Gasteiger partial charge in [0.05, 0.1) is 5.52 Å². The van der Waals surface area contributed by atoms with Crippen LogP contribution in [-0.2, 0) is 0 Å². The number of nitroso groups, excluding NO2 is 1. The molecule has 0 bridgehead atoms. The van der Waals surface area contributed by atoms with Gasteiger partial charge in [-0.3, -0.25) is 9.20 Å². The molecule has 4 rings (SSSR count). The predicted octanol–water partition coefficient (Wildman–Crippen LogP) is 4.68. The number of pyridine rings is 2. The maximum absolute atomic E-state index is 12.7. The summed E-state index contributed by atoms with van der Waals surface area (Å²) in [7, 11) is 0. The summed E-state index contributed by atoms with van der Waals surface area (Å²) in [6.07, 6.45) is 3.63. The number of carboxylic acid groups (broad SMARTS) is 1. The molecule has 0 spiro atoms. The maximum Gasteiger partial charge on any atom is 0.341 e. The first-order valence-electron chi connectivity index (χ1n) is 9.27. The standard InChI is InChI=1S/C22H20N2O4/c1-12-17(16-5-3-4-15(10-16)13(2)23-28)8-9-24-20(12)18(14-6-7-14)11-19(21(24)25)22(26)27/h3-5,8-11,13-14H,6-7H2,1-2H3,(H,26,27). The number of hydrogen-bond acceptors (Lipinski definition) is 4. The van der Waals surface area contributed by atoms with Crippen LogP contribution in [0.5, 0.6) is 0 Å². The molecule has 1 aromatic carbocycles. The van der Waals surface area contributed by atoms with E-state index in [0.717, 1.165) is 46.2 Å². The smallest absolute Gasteiger partial charge is 0.341 e. The number of hydrogen-bond donors (Lipinski definition) is 1. The Balaban J connectivity index is 1.98. The molecule has 3 aromatic rings. The van der Waals surface area contributed by atoms with Crippen LogP contribution in [-0.4, -0.2) is 15.5 Å². The Morgan fingerprint density at radius 2 is 2.00 bits per heavy atom. The molecule has 0 amide bonds. The van der Waals surface area contributed by atoms with Gasteiger partial charge in [-0.05, 0) is 78.6 Å². The molecule has 1 atom stereocenters. The molecule has 142 valence electrons. The average Bonchev–Trinajstić information content (AvgIpc) is 3.53. The van der Waals surface area contributed by atoms with Gasteiger partial charge in [0, 0.05) is 6.20 Å². The minimum absolute atomic E-state index is 0.195. The average molecular weight is 376 g/mol. The highest BCUT2D eigenvalue weighted by Gasteiger charge is 2.29. The summed E-state index contributed by atoms with van der Waals surface area (Å²) in [6.45, 7) is 3.70. The second-order valence-electron chi connectivity index (χ2n) is 7.38. The third-order valence-corrected chi connectivity index (χ3v) is 5.50. The largest absolute Gasteiger partial charge is 0.477 e. The fourth-order valence-electron chi connectivity index (χ4n) is 3.80. The van der Waals surface area contributed by atoms with Gasteiger partial charge in [0.25, 0.3) is 5.56 Å². The van der Waals surface area contributed by atoms with Gasteiger partial charge < -0.3 is 5.11 Å². The fraction of sp³-hybridized carbons (Fsp3) is 0.273. The first kappa shape index (κ1) is 18.1. The first-order chi connectivity index (χ1) is 13.4. The molecular formula is C22H20N2O4. The van der Waals surface area contributed by atoms with Crippen molar-refractivity contribution in [3.8, 4) is 11.1 Å². The molecule has 2 heterocycles. The zero-order valence-corrected chi connectivity index (χ0v) is 15.7. The molecule has 1 fully saturated rings. The van der Waals surface area contributed by atoms with Gasteiger partial charge in [-0.1, -0.05) is 23.4 Å². The van der Waals surface area contributed by atoms with Crippen LogP contribution in [0.15, 0.2) is 52.6 Å². The molecule has 0 aliphatic heterocycles. The van der Waals surface area contributed by atoms with E-state index in [-0.39, 0.29) is 11.5 Å². The van der Waals surface area contributed by atoms with Crippen LogP contribution in [0.4, 0.5) is 0 Å². The highest BCUT2D eigenvalue weighted by atomic mass is 16.4. The first-order valence-corrected chi connectivity index (χ1v) is 9.27. The third kappa shape index (κ3) is 2.91. The van der Waals surface area contributed by atoms with Crippen LogP contribution in [0.3, 0.4) is 0 Å². The van der Waals surface area contributed by atoms with Crippen LogP contribution in [0.1, 0.15) is 58.8 Å². The number of aryl methyl sites for hydroxylation is 1. The molecule has 6 nitrogen and oxygen atoms in total. The van der Waals surface area contributed by atoms with Crippen LogP contribution in [0, 0.1) is 11.8 Å². The van der Waals surface area contributed by atoms with E-state index in [4.69, 9.17) is 0 Å². The lowest BCUT2D eigenvalue weighted by Crippen LogP contribution is -2.23. The second-order valence-corrected chi connectivity index (χ2v) is 7.38. The van der Waals surface area contributed by atoms with Gasteiger partial charge in [-0.15, -0.1) is 0 Å². The zero-order valence-electron chi connectivity index (χ0n) is 15.7. The summed E-state index contributed by atoms with van der Waals surface area (Å²) < 4.78 is 1.45. The Kier molecular flexibility index (Phi) is 4.34. The number of carboxylic acids is 1. The van der Waals surface area contributed by atoms with Crippen molar-refractivity contribution in [3.05, 3.63) is 80.1 Å². The number of rotatable bonds is 5. The summed E-state index contributed by atoms with van der Waals surface area (Å²) in [5.41, 5.74) is 4.61. The molecule has 1 aliphatic carbocycles. The van der Waals surface area contributed by atoms with Gasteiger partial charge >= 0.3 is 5.97 Å². The molecule has 0 radical (unpaired) electrons. The van der Waals surface area contributed by atoms with Crippen LogP contribution < -0.4 is 5.56 Å². The van der Waals surface area contributed by atoms with Crippen molar-refractivity contribution in [3.63, 3.8) is 0 Å². The monoisotopic (exact) mass is 376 g/mol. The van der Waals surface area contributed by atoms with E-state index in [9.17, 15) is 19.6 Å². The summed E-state index contributed by atoms with van der Waals surface area (Å²) >= 11 is 0. The van der Waals surface area contributed by atoms with Crippen LogP contribution >= 0.6 is 0 Å². The van der Waals surface area contributed by atoms with Crippen LogP contribution in [0.25, 0.3) is 16.6 Å².